The highest BCUT2D eigenvalue weighted by molar-refractivity contribution is 7.26. The van der Waals surface area contributed by atoms with E-state index in [0.29, 0.717) is 6.04 Å². The number of nitrogens with zero attached hydrogens (tertiary/aromatic N) is 1. The Bertz CT molecular complexity index is 1550. The van der Waals surface area contributed by atoms with Crippen LogP contribution in [0.4, 0.5) is 0 Å². The molecule has 29 heavy (non-hydrogen) atoms. The Balaban J connectivity index is 1.61. The van der Waals surface area contributed by atoms with E-state index in [9.17, 15) is 0 Å². The van der Waals surface area contributed by atoms with Gasteiger partial charge in [-0.1, -0.05) is 84.9 Å². The van der Waals surface area contributed by atoms with Gasteiger partial charge in [-0.2, -0.15) is 0 Å². The normalized spacial score (nSPS) is 11.9. The molecule has 0 saturated heterocycles. The molecule has 2 heteroatoms. The van der Waals surface area contributed by atoms with Crippen molar-refractivity contribution in [1.82, 2.24) is 4.98 Å². The monoisotopic (exact) mass is 388 g/mol. The Hall–Kier alpha value is -3.49. The fourth-order valence-electron chi connectivity index (χ4n) is 3.95. The number of pyridine rings is 1. The summed E-state index contributed by atoms with van der Waals surface area (Å²) in [6.45, 7) is 0. The molecule has 0 N–H and O–H groups in total. The second-order valence-corrected chi connectivity index (χ2v) is 8.20. The fraction of sp³-hybridized carbons (Fsp3) is 0. The van der Waals surface area contributed by atoms with Crippen molar-refractivity contribution in [2.24, 2.45) is 0 Å². The highest BCUT2D eigenvalue weighted by Crippen LogP contribution is 2.41. The first-order chi connectivity index (χ1) is 14.8. The van der Waals surface area contributed by atoms with Crippen LogP contribution in [0.25, 0.3) is 53.3 Å². The maximum atomic E-state index is 8.89. The number of aromatic nitrogens is 1. The summed E-state index contributed by atoms with van der Waals surface area (Å²) >= 11 is 1.70. The Morgan fingerprint density at radius 2 is 1.52 bits per heavy atom. The molecule has 0 saturated carbocycles. The van der Waals surface area contributed by atoms with Crippen molar-refractivity contribution >= 4 is 42.3 Å². The molecule has 2 aromatic heterocycles. The topological polar surface area (TPSA) is 12.9 Å². The molecular weight excluding hydrogens is 370 g/mol. The van der Waals surface area contributed by atoms with Gasteiger partial charge in [0.25, 0.3) is 0 Å². The molecule has 0 aliphatic carbocycles. The molecule has 136 valence electrons. The van der Waals surface area contributed by atoms with Crippen molar-refractivity contribution in [3.63, 3.8) is 0 Å². The van der Waals surface area contributed by atoms with Crippen LogP contribution in [-0.4, -0.2) is 4.98 Å². The fourth-order valence-corrected chi connectivity index (χ4v) is 5.17. The molecule has 0 bridgehead atoms. The van der Waals surface area contributed by atoms with Gasteiger partial charge < -0.3 is 0 Å². The lowest BCUT2D eigenvalue weighted by Crippen LogP contribution is -1.84. The molecular formula is C27H17NS. The van der Waals surface area contributed by atoms with Gasteiger partial charge >= 0.3 is 0 Å². The Labute approximate surface area is 174 Å². The summed E-state index contributed by atoms with van der Waals surface area (Å²) in [5, 5.41) is 4.66. The molecule has 0 aliphatic rings. The summed E-state index contributed by atoms with van der Waals surface area (Å²) in [5.41, 5.74) is 4.15. The minimum Gasteiger partial charge on any atom is -0.256 e. The molecule has 6 aromatic rings. The number of rotatable bonds is 2. The van der Waals surface area contributed by atoms with Gasteiger partial charge in [-0.05, 0) is 28.6 Å². The van der Waals surface area contributed by atoms with E-state index in [4.69, 9.17) is 6.35 Å². The molecule has 0 amide bonds. The molecule has 4 aromatic carbocycles. The minimum atomic E-state index is 0.595. The van der Waals surface area contributed by atoms with Gasteiger partial charge in [0, 0.05) is 37.3 Å². The summed E-state index contributed by atoms with van der Waals surface area (Å²) in [6, 6.07) is 31.9. The summed E-state index contributed by atoms with van der Waals surface area (Å²) < 4.78 is 11.1. The largest absolute Gasteiger partial charge is 0.256 e. The SMILES string of the molecule is [2H]c1c(-c2ccccc2)ccc2c1sc1c(-c3cc4ccccc4cn3)cccc12. The van der Waals surface area contributed by atoms with E-state index in [1.165, 1.54) is 15.5 Å². The van der Waals surface area contributed by atoms with Crippen LogP contribution in [0.1, 0.15) is 1.37 Å². The first-order valence-electron chi connectivity index (χ1n) is 10.1. The van der Waals surface area contributed by atoms with Crippen LogP contribution in [-0.2, 0) is 0 Å². The molecule has 0 spiro atoms. The van der Waals surface area contributed by atoms with Crippen LogP contribution >= 0.6 is 11.3 Å². The van der Waals surface area contributed by atoms with Gasteiger partial charge in [-0.25, -0.2) is 0 Å². The zero-order valence-electron chi connectivity index (χ0n) is 16.6. The van der Waals surface area contributed by atoms with Crippen molar-refractivity contribution in [3.8, 4) is 22.4 Å². The number of hydrogen-bond acceptors (Lipinski definition) is 2. The van der Waals surface area contributed by atoms with Crippen LogP contribution in [0.15, 0.2) is 103 Å². The average Bonchev–Trinajstić information content (AvgIpc) is 3.19. The molecule has 0 radical (unpaired) electrons. The summed E-state index contributed by atoms with van der Waals surface area (Å²) in [6.07, 6.45) is 1.94. The predicted octanol–water partition coefficient (Wildman–Crippen LogP) is 7.94. The second-order valence-electron chi connectivity index (χ2n) is 7.18. The lowest BCUT2D eigenvalue weighted by atomic mass is 10.0. The Kier molecular flexibility index (Phi) is 3.48. The Morgan fingerprint density at radius 1 is 0.690 bits per heavy atom. The standard InChI is InChI=1S/C27H17NS/c1-2-7-18(8-3-1)20-13-14-22-23-11-6-12-24(27(23)29-26(22)16-20)25-15-19-9-4-5-10-21(19)17-28-25/h1-17H/i16D. The first kappa shape index (κ1) is 15.4. The third-order valence-corrected chi connectivity index (χ3v) is 6.58. The van der Waals surface area contributed by atoms with E-state index in [-0.39, 0.29) is 0 Å². The summed E-state index contributed by atoms with van der Waals surface area (Å²) in [4.78, 5) is 4.74. The van der Waals surface area contributed by atoms with Gasteiger partial charge in [-0.3, -0.25) is 4.98 Å². The van der Waals surface area contributed by atoms with Gasteiger partial charge in [-0.15, -0.1) is 11.3 Å². The van der Waals surface area contributed by atoms with Crippen LogP contribution in [0.5, 0.6) is 0 Å². The van der Waals surface area contributed by atoms with E-state index < -0.39 is 0 Å². The van der Waals surface area contributed by atoms with Crippen molar-refractivity contribution in [2.45, 2.75) is 0 Å². The lowest BCUT2D eigenvalue weighted by Gasteiger charge is -2.05. The van der Waals surface area contributed by atoms with Crippen molar-refractivity contribution < 1.29 is 1.37 Å². The van der Waals surface area contributed by atoms with Gasteiger partial charge in [0.15, 0.2) is 0 Å². The minimum absolute atomic E-state index is 0.595. The third-order valence-electron chi connectivity index (χ3n) is 5.41. The maximum absolute atomic E-state index is 8.89. The van der Waals surface area contributed by atoms with Crippen molar-refractivity contribution in [3.05, 3.63) is 103 Å². The smallest absolute Gasteiger partial charge is 0.0722 e. The molecule has 0 unspecified atom stereocenters. The third kappa shape index (κ3) is 2.72. The van der Waals surface area contributed by atoms with E-state index in [2.05, 4.69) is 66.7 Å². The second kappa shape index (κ2) is 6.54. The quantitative estimate of drug-likeness (QED) is 0.293. The number of thiophene rings is 1. The van der Waals surface area contributed by atoms with E-state index in [0.717, 1.165) is 37.9 Å². The molecule has 0 fully saturated rings. The predicted molar refractivity (Wildman–Crippen MR) is 126 cm³/mol. The van der Waals surface area contributed by atoms with E-state index in [1.807, 2.05) is 30.5 Å². The highest BCUT2D eigenvalue weighted by atomic mass is 32.1. The summed E-state index contributed by atoms with van der Waals surface area (Å²) in [7, 11) is 0. The van der Waals surface area contributed by atoms with E-state index in [1.54, 1.807) is 11.3 Å². The van der Waals surface area contributed by atoms with Crippen molar-refractivity contribution in [2.75, 3.05) is 0 Å². The summed E-state index contributed by atoms with van der Waals surface area (Å²) in [5.74, 6) is 0. The van der Waals surface area contributed by atoms with E-state index >= 15 is 0 Å². The first-order valence-corrected chi connectivity index (χ1v) is 10.5. The van der Waals surface area contributed by atoms with Crippen LogP contribution in [0.3, 0.4) is 0 Å². The number of benzene rings is 4. The van der Waals surface area contributed by atoms with Gasteiger partial charge in [0.2, 0.25) is 0 Å². The zero-order chi connectivity index (χ0) is 20.1. The molecule has 0 atom stereocenters. The average molecular weight is 389 g/mol. The van der Waals surface area contributed by atoms with Gasteiger partial charge in [0.05, 0.1) is 7.06 Å². The van der Waals surface area contributed by atoms with Crippen molar-refractivity contribution in [1.29, 1.82) is 0 Å². The van der Waals surface area contributed by atoms with Crippen LogP contribution < -0.4 is 0 Å². The molecule has 0 aliphatic heterocycles. The van der Waals surface area contributed by atoms with Gasteiger partial charge in [0.1, 0.15) is 0 Å². The maximum Gasteiger partial charge on any atom is 0.0722 e. The number of fused-ring (bicyclic) bond motifs is 4. The lowest BCUT2D eigenvalue weighted by molar-refractivity contribution is 1.37. The number of hydrogen-bond donors (Lipinski definition) is 0. The molecule has 1 nitrogen and oxygen atoms in total. The molecule has 6 rings (SSSR count). The zero-order valence-corrected chi connectivity index (χ0v) is 16.4. The van der Waals surface area contributed by atoms with Crippen LogP contribution in [0, 0.1) is 0 Å². The van der Waals surface area contributed by atoms with Crippen LogP contribution in [0.2, 0.25) is 0 Å². The Morgan fingerprint density at radius 3 is 2.41 bits per heavy atom. The molecule has 2 heterocycles. The highest BCUT2D eigenvalue weighted by Gasteiger charge is 2.12.